The van der Waals surface area contributed by atoms with Gasteiger partial charge in [-0.25, -0.2) is 8.42 Å². The molecule has 24 heavy (non-hydrogen) atoms. The topological polar surface area (TPSA) is 89.9 Å². The summed E-state index contributed by atoms with van der Waals surface area (Å²) >= 11 is 0. The van der Waals surface area contributed by atoms with Crippen molar-refractivity contribution in [3.8, 4) is 0 Å². The van der Waals surface area contributed by atoms with Crippen LogP contribution in [0.25, 0.3) is 0 Å². The standard InChI is InChI=1S/C16H19BN2O4S/c20-17(21)16-8-2-1-5-13(16)12-18-14-6-3-7-15(11-14)19-9-4-10-24(19,22)23/h1-3,5-8,11,18,20-21H,4,9-10,12H2. The molecular weight excluding hydrogens is 327 g/mol. The summed E-state index contributed by atoms with van der Waals surface area (Å²) in [5.41, 5.74) is 2.64. The summed E-state index contributed by atoms with van der Waals surface area (Å²) in [6, 6.07) is 14.3. The molecule has 0 bridgehead atoms. The monoisotopic (exact) mass is 346 g/mol. The lowest BCUT2D eigenvalue weighted by molar-refractivity contribution is 0.425. The van der Waals surface area contributed by atoms with E-state index >= 15 is 0 Å². The Bertz CT molecular complexity index is 826. The van der Waals surface area contributed by atoms with Crippen LogP contribution in [0.3, 0.4) is 0 Å². The van der Waals surface area contributed by atoms with E-state index in [9.17, 15) is 18.5 Å². The van der Waals surface area contributed by atoms with E-state index < -0.39 is 17.1 Å². The fourth-order valence-corrected chi connectivity index (χ4v) is 4.40. The van der Waals surface area contributed by atoms with Gasteiger partial charge in [0.2, 0.25) is 10.0 Å². The van der Waals surface area contributed by atoms with Crippen LogP contribution in [0.5, 0.6) is 0 Å². The lowest BCUT2D eigenvalue weighted by Gasteiger charge is -2.18. The molecule has 0 atom stereocenters. The smallest absolute Gasteiger partial charge is 0.423 e. The molecular formula is C16H19BN2O4S. The van der Waals surface area contributed by atoms with Crippen molar-refractivity contribution in [3.05, 3.63) is 54.1 Å². The zero-order valence-corrected chi connectivity index (χ0v) is 13.9. The first kappa shape index (κ1) is 16.8. The lowest BCUT2D eigenvalue weighted by Crippen LogP contribution is -2.33. The minimum absolute atomic E-state index is 0.187. The van der Waals surface area contributed by atoms with Gasteiger partial charge in [-0.3, -0.25) is 4.31 Å². The number of hydrogen-bond donors (Lipinski definition) is 3. The summed E-state index contributed by atoms with van der Waals surface area (Å²) < 4.78 is 25.5. The Kier molecular flexibility index (Phi) is 4.79. The molecule has 8 heteroatoms. The predicted molar refractivity (Wildman–Crippen MR) is 95.8 cm³/mol. The first-order valence-electron chi connectivity index (χ1n) is 7.76. The van der Waals surface area contributed by atoms with Crippen molar-refractivity contribution in [1.29, 1.82) is 0 Å². The normalized spacial score (nSPS) is 16.2. The average molecular weight is 346 g/mol. The van der Waals surface area contributed by atoms with Gasteiger partial charge in [-0.1, -0.05) is 30.3 Å². The van der Waals surface area contributed by atoms with Gasteiger partial charge >= 0.3 is 7.12 Å². The Morgan fingerprint density at radius 3 is 2.62 bits per heavy atom. The largest absolute Gasteiger partial charge is 0.488 e. The van der Waals surface area contributed by atoms with E-state index in [4.69, 9.17) is 0 Å². The number of rotatable bonds is 5. The molecule has 2 aromatic carbocycles. The van der Waals surface area contributed by atoms with Crippen LogP contribution in [-0.2, 0) is 16.6 Å². The fraction of sp³-hybridized carbons (Fsp3) is 0.250. The van der Waals surface area contributed by atoms with Gasteiger partial charge in [-0.05, 0) is 35.6 Å². The average Bonchev–Trinajstić information content (AvgIpc) is 2.92. The third-order valence-electron chi connectivity index (χ3n) is 4.05. The zero-order chi connectivity index (χ0) is 17.2. The van der Waals surface area contributed by atoms with E-state index in [1.54, 1.807) is 30.3 Å². The summed E-state index contributed by atoms with van der Waals surface area (Å²) in [4.78, 5) is 0. The van der Waals surface area contributed by atoms with Crippen LogP contribution < -0.4 is 15.1 Å². The highest BCUT2D eigenvalue weighted by atomic mass is 32.2. The third kappa shape index (κ3) is 3.56. The van der Waals surface area contributed by atoms with Crippen LogP contribution in [0.1, 0.15) is 12.0 Å². The molecule has 1 aliphatic rings. The van der Waals surface area contributed by atoms with Gasteiger partial charge in [-0.15, -0.1) is 0 Å². The second-order valence-electron chi connectivity index (χ2n) is 5.72. The maximum Gasteiger partial charge on any atom is 0.488 e. The summed E-state index contributed by atoms with van der Waals surface area (Å²) in [6.45, 7) is 0.912. The van der Waals surface area contributed by atoms with E-state index in [0.29, 0.717) is 30.7 Å². The van der Waals surface area contributed by atoms with E-state index in [-0.39, 0.29) is 5.75 Å². The lowest BCUT2D eigenvalue weighted by atomic mass is 9.77. The number of hydrogen-bond acceptors (Lipinski definition) is 5. The van der Waals surface area contributed by atoms with Crippen LogP contribution in [0, 0.1) is 0 Å². The van der Waals surface area contributed by atoms with Crippen LogP contribution in [0.2, 0.25) is 0 Å². The molecule has 0 spiro atoms. The molecule has 1 fully saturated rings. The summed E-state index contributed by atoms with van der Waals surface area (Å²) in [5, 5.41) is 22.0. The highest BCUT2D eigenvalue weighted by Crippen LogP contribution is 2.26. The van der Waals surface area contributed by atoms with Gasteiger partial charge in [0.1, 0.15) is 0 Å². The minimum atomic E-state index is -3.20. The van der Waals surface area contributed by atoms with Gasteiger partial charge in [0, 0.05) is 18.8 Å². The first-order valence-corrected chi connectivity index (χ1v) is 9.36. The Morgan fingerprint density at radius 2 is 1.92 bits per heavy atom. The second-order valence-corrected chi connectivity index (χ2v) is 7.73. The third-order valence-corrected chi connectivity index (χ3v) is 5.92. The van der Waals surface area contributed by atoms with Crippen LogP contribution in [-0.4, -0.2) is 37.9 Å². The number of sulfonamides is 1. The quantitative estimate of drug-likeness (QED) is 0.687. The van der Waals surface area contributed by atoms with Crippen molar-refractivity contribution < 1.29 is 18.5 Å². The highest BCUT2D eigenvalue weighted by Gasteiger charge is 2.28. The van der Waals surface area contributed by atoms with Crippen molar-refractivity contribution in [2.24, 2.45) is 0 Å². The number of benzene rings is 2. The molecule has 3 rings (SSSR count). The van der Waals surface area contributed by atoms with Gasteiger partial charge in [0.25, 0.3) is 0 Å². The molecule has 1 heterocycles. The summed E-state index contributed by atoms with van der Waals surface area (Å²) in [7, 11) is -4.73. The molecule has 0 saturated carbocycles. The molecule has 1 saturated heterocycles. The van der Waals surface area contributed by atoms with Crippen molar-refractivity contribution in [2.75, 3.05) is 21.9 Å². The molecule has 6 nitrogen and oxygen atoms in total. The van der Waals surface area contributed by atoms with Gasteiger partial charge < -0.3 is 15.4 Å². The molecule has 0 unspecified atom stereocenters. The van der Waals surface area contributed by atoms with E-state index in [2.05, 4.69) is 5.32 Å². The molecule has 0 aliphatic carbocycles. The zero-order valence-electron chi connectivity index (χ0n) is 13.1. The Balaban J connectivity index is 1.77. The van der Waals surface area contributed by atoms with E-state index in [1.807, 2.05) is 18.2 Å². The predicted octanol–water partition coefficient (Wildman–Crippen LogP) is 0.518. The summed E-state index contributed by atoms with van der Waals surface area (Å²) in [6.07, 6.45) is 0.641. The second kappa shape index (κ2) is 6.84. The Labute approximate surface area is 141 Å². The fourth-order valence-electron chi connectivity index (χ4n) is 2.84. The van der Waals surface area contributed by atoms with E-state index in [0.717, 1.165) is 11.3 Å². The van der Waals surface area contributed by atoms with Crippen LogP contribution in [0.15, 0.2) is 48.5 Å². The number of nitrogens with zero attached hydrogens (tertiary/aromatic N) is 1. The highest BCUT2D eigenvalue weighted by molar-refractivity contribution is 7.93. The molecule has 0 amide bonds. The van der Waals surface area contributed by atoms with Gasteiger partial charge in [0.15, 0.2) is 0 Å². The maximum atomic E-state index is 12.0. The van der Waals surface area contributed by atoms with Crippen molar-refractivity contribution in [1.82, 2.24) is 0 Å². The van der Waals surface area contributed by atoms with Crippen molar-refractivity contribution in [2.45, 2.75) is 13.0 Å². The van der Waals surface area contributed by atoms with Gasteiger partial charge in [0.05, 0.1) is 11.4 Å². The Morgan fingerprint density at radius 1 is 1.12 bits per heavy atom. The molecule has 0 aromatic heterocycles. The molecule has 3 N–H and O–H groups in total. The molecule has 0 radical (unpaired) electrons. The first-order chi connectivity index (χ1) is 11.5. The van der Waals surface area contributed by atoms with Crippen molar-refractivity contribution >= 4 is 34.0 Å². The molecule has 126 valence electrons. The molecule has 1 aliphatic heterocycles. The Hall–Kier alpha value is -2.03. The molecule has 2 aromatic rings. The van der Waals surface area contributed by atoms with E-state index in [1.165, 1.54) is 4.31 Å². The maximum absolute atomic E-state index is 12.0. The SMILES string of the molecule is O=S1(=O)CCCN1c1cccc(NCc2ccccc2B(O)O)c1. The number of anilines is 2. The van der Waals surface area contributed by atoms with Gasteiger partial charge in [-0.2, -0.15) is 0 Å². The van der Waals surface area contributed by atoms with Crippen molar-refractivity contribution in [3.63, 3.8) is 0 Å². The van der Waals surface area contributed by atoms with Crippen LogP contribution in [0.4, 0.5) is 11.4 Å². The number of nitrogens with one attached hydrogen (secondary N) is 1. The summed E-state index contributed by atoms with van der Waals surface area (Å²) in [5.74, 6) is 0.187. The minimum Gasteiger partial charge on any atom is -0.423 e. The van der Waals surface area contributed by atoms with Crippen LogP contribution >= 0.6 is 0 Å².